The number of aromatic hydroxyl groups is 1. The van der Waals surface area contributed by atoms with Gasteiger partial charge < -0.3 is 10.0 Å². The van der Waals surface area contributed by atoms with Crippen molar-refractivity contribution in [2.24, 2.45) is 5.92 Å². The average Bonchev–Trinajstić information content (AvgIpc) is 2.91. The van der Waals surface area contributed by atoms with Crippen molar-refractivity contribution in [2.45, 2.75) is 52.5 Å². The van der Waals surface area contributed by atoms with E-state index in [0.717, 1.165) is 24.9 Å². The van der Waals surface area contributed by atoms with E-state index in [2.05, 4.69) is 13.8 Å². The minimum atomic E-state index is -0.0215. The zero-order chi connectivity index (χ0) is 14.7. The molecule has 2 rings (SSSR count). The number of carbonyl (C=O) groups is 1. The van der Waals surface area contributed by atoms with Gasteiger partial charge in [0, 0.05) is 12.6 Å². The first-order valence-corrected chi connectivity index (χ1v) is 7.59. The van der Waals surface area contributed by atoms with Gasteiger partial charge in [0.05, 0.1) is 5.56 Å². The first-order valence-electron chi connectivity index (χ1n) is 7.59. The number of phenolic OH excluding ortho intramolecular Hbond substituents is 1. The van der Waals surface area contributed by atoms with E-state index >= 15 is 0 Å². The molecule has 1 aliphatic carbocycles. The molecule has 0 spiro atoms. The Hall–Kier alpha value is -1.51. The predicted molar refractivity (Wildman–Crippen MR) is 81.0 cm³/mol. The molecule has 0 unspecified atom stereocenters. The van der Waals surface area contributed by atoms with Crippen molar-refractivity contribution >= 4 is 5.91 Å². The number of rotatable bonds is 4. The molecule has 1 saturated carbocycles. The topological polar surface area (TPSA) is 40.5 Å². The maximum Gasteiger partial charge on any atom is 0.257 e. The number of amides is 1. The highest BCUT2D eigenvalue weighted by Gasteiger charge is 2.29. The fraction of sp³-hybridized carbons (Fsp3) is 0.588. The maximum absolute atomic E-state index is 12.8. The summed E-state index contributed by atoms with van der Waals surface area (Å²) < 4.78 is 0. The second kappa shape index (κ2) is 6.29. The summed E-state index contributed by atoms with van der Waals surface area (Å²) in [6, 6.07) is 5.57. The molecule has 1 N–H and O–H groups in total. The van der Waals surface area contributed by atoms with Gasteiger partial charge in [0.25, 0.3) is 5.91 Å². The van der Waals surface area contributed by atoms with Gasteiger partial charge in [0.1, 0.15) is 5.75 Å². The van der Waals surface area contributed by atoms with E-state index in [1.165, 1.54) is 12.8 Å². The van der Waals surface area contributed by atoms with Gasteiger partial charge in [0.15, 0.2) is 0 Å². The first-order chi connectivity index (χ1) is 9.49. The highest BCUT2D eigenvalue weighted by molar-refractivity contribution is 5.97. The average molecular weight is 275 g/mol. The minimum absolute atomic E-state index is 0.0215. The lowest BCUT2D eigenvalue weighted by Crippen LogP contribution is -2.41. The second-order valence-corrected chi connectivity index (χ2v) is 6.31. The van der Waals surface area contributed by atoms with Crippen molar-refractivity contribution in [3.8, 4) is 5.75 Å². The number of hydrogen-bond acceptors (Lipinski definition) is 2. The van der Waals surface area contributed by atoms with Crippen LogP contribution in [-0.4, -0.2) is 28.5 Å². The van der Waals surface area contributed by atoms with Crippen LogP contribution in [0.3, 0.4) is 0 Å². The van der Waals surface area contributed by atoms with Gasteiger partial charge in [-0.05, 0) is 37.8 Å². The highest BCUT2D eigenvalue weighted by atomic mass is 16.3. The van der Waals surface area contributed by atoms with Crippen molar-refractivity contribution in [1.82, 2.24) is 4.90 Å². The lowest BCUT2D eigenvalue weighted by Gasteiger charge is -2.31. The molecule has 0 heterocycles. The number of carbonyl (C=O) groups excluding carboxylic acids is 1. The van der Waals surface area contributed by atoms with Crippen LogP contribution in [0.15, 0.2) is 18.2 Å². The normalized spacial score (nSPS) is 15.8. The first kappa shape index (κ1) is 14.9. The Balaban J connectivity index is 2.27. The lowest BCUT2D eigenvalue weighted by molar-refractivity contribution is 0.0652. The van der Waals surface area contributed by atoms with Gasteiger partial charge in [-0.3, -0.25) is 4.79 Å². The quantitative estimate of drug-likeness (QED) is 0.909. The van der Waals surface area contributed by atoms with E-state index in [1.54, 1.807) is 12.1 Å². The molecule has 1 aromatic rings. The van der Waals surface area contributed by atoms with Gasteiger partial charge in [0.2, 0.25) is 0 Å². The zero-order valence-corrected chi connectivity index (χ0v) is 12.7. The van der Waals surface area contributed by atoms with E-state index in [-0.39, 0.29) is 11.7 Å². The summed E-state index contributed by atoms with van der Waals surface area (Å²) in [6.07, 6.45) is 4.58. The third kappa shape index (κ3) is 3.33. The number of phenols is 1. The summed E-state index contributed by atoms with van der Waals surface area (Å²) >= 11 is 0. The molecule has 0 saturated heterocycles. The van der Waals surface area contributed by atoms with Crippen LogP contribution in [0.25, 0.3) is 0 Å². The second-order valence-electron chi connectivity index (χ2n) is 6.31. The Labute approximate surface area is 121 Å². The van der Waals surface area contributed by atoms with Crippen molar-refractivity contribution in [2.75, 3.05) is 6.54 Å². The van der Waals surface area contributed by atoms with Crippen LogP contribution >= 0.6 is 0 Å². The molecule has 1 amide bonds. The van der Waals surface area contributed by atoms with Crippen molar-refractivity contribution in [1.29, 1.82) is 0 Å². The Kier molecular flexibility index (Phi) is 4.69. The van der Waals surface area contributed by atoms with Gasteiger partial charge in [-0.25, -0.2) is 0 Å². The van der Waals surface area contributed by atoms with E-state index in [9.17, 15) is 9.90 Å². The Morgan fingerprint density at radius 1 is 1.35 bits per heavy atom. The molecule has 0 radical (unpaired) electrons. The van der Waals surface area contributed by atoms with Crippen LogP contribution in [0.5, 0.6) is 5.75 Å². The Morgan fingerprint density at radius 2 is 2.00 bits per heavy atom. The molecule has 3 heteroatoms. The smallest absolute Gasteiger partial charge is 0.257 e. The molecule has 0 bridgehead atoms. The Morgan fingerprint density at radius 3 is 2.60 bits per heavy atom. The molecule has 1 fully saturated rings. The maximum atomic E-state index is 12.8. The fourth-order valence-corrected chi connectivity index (χ4v) is 2.98. The highest BCUT2D eigenvalue weighted by Crippen LogP contribution is 2.28. The lowest BCUT2D eigenvalue weighted by atomic mass is 10.1. The minimum Gasteiger partial charge on any atom is -0.507 e. The van der Waals surface area contributed by atoms with Crippen molar-refractivity contribution in [3.63, 3.8) is 0 Å². The number of nitrogens with zero attached hydrogens (tertiary/aromatic N) is 1. The SMILES string of the molecule is Cc1ccc(O)c(C(=O)N(CC(C)C)C2CCCC2)c1. The molecule has 0 aliphatic heterocycles. The van der Waals surface area contributed by atoms with Crippen molar-refractivity contribution < 1.29 is 9.90 Å². The standard InChI is InChI=1S/C17H25NO2/c1-12(2)11-18(14-6-4-5-7-14)17(20)15-10-13(3)8-9-16(15)19/h8-10,12,14,19H,4-7,11H2,1-3H3. The zero-order valence-electron chi connectivity index (χ0n) is 12.7. The van der Waals surface area contributed by atoms with E-state index < -0.39 is 0 Å². The molecular formula is C17H25NO2. The van der Waals surface area contributed by atoms with Gasteiger partial charge >= 0.3 is 0 Å². The predicted octanol–water partition coefficient (Wildman–Crippen LogP) is 3.74. The molecule has 110 valence electrons. The monoisotopic (exact) mass is 275 g/mol. The summed E-state index contributed by atoms with van der Waals surface area (Å²) in [6.45, 7) is 6.96. The molecular weight excluding hydrogens is 250 g/mol. The number of hydrogen-bond donors (Lipinski definition) is 1. The summed E-state index contributed by atoms with van der Waals surface area (Å²) in [4.78, 5) is 14.8. The van der Waals surface area contributed by atoms with Crippen molar-refractivity contribution in [3.05, 3.63) is 29.3 Å². The van der Waals surface area contributed by atoms with E-state index in [1.807, 2.05) is 17.9 Å². The molecule has 0 atom stereocenters. The van der Waals surface area contributed by atoms with Gasteiger partial charge in [-0.1, -0.05) is 38.3 Å². The van der Waals surface area contributed by atoms with Crippen LogP contribution in [0, 0.1) is 12.8 Å². The Bertz CT molecular complexity index is 476. The van der Waals surface area contributed by atoms with Crippen LogP contribution in [0.2, 0.25) is 0 Å². The largest absolute Gasteiger partial charge is 0.507 e. The van der Waals surface area contributed by atoms with E-state index in [4.69, 9.17) is 0 Å². The van der Waals surface area contributed by atoms with E-state index in [0.29, 0.717) is 17.5 Å². The summed E-state index contributed by atoms with van der Waals surface area (Å²) in [5.41, 5.74) is 1.44. The summed E-state index contributed by atoms with van der Waals surface area (Å²) in [7, 11) is 0. The fourth-order valence-electron chi connectivity index (χ4n) is 2.98. The summed E-state index contributed by atoms with van der Waals surface area (Å²) in [5.74, 6) is 0.505. The molecule has 20 heavy (non-hydrogen) atoms. The molecule has 1 aromatic carbocycles. The molecule has 0 aromatic heterocycles. The van der Waals surface area contributed by atoms with Crippen LogP contribution in [-0.2, 0) is 0 Å². The third-order valence-electron chi connectivity index (χ3n) is 3.97. The molecule has 3 nitrogen and oxygen atoms in total. The number of benzene rings is 1. The van der Waals surface area contributed by atoms with Gasteiger partial charge in [-0.2, -0.15) is 0 Å². The van der Waals surface area contributed by atoms with Crippen LogP contribution < -0.4 is 0 Å². The van der Waals surface area contributed by atoms with Crippen LogP contribution in [0.1, 0.15) is 55.5 Å². The van der Waals surface area contributed by atoms with Crippen LogP contribution in [0.4, 0.5) is 0 Å². The number of aryl methyl sites for hydroxylation is 1. The third-order valence-corrected chi connectivity index (χ3v) is 3.97. The van der Waals surface area contributed by atoms with Gasteiger partial charge in [-0.15, -0.1) is 0 Å². The summed E-state index contributed by atoms with van der Waals surface area (Å²) in [5, 5.41) is 9.98. The molecule has 1 aliphatic rings.